The summed E-state index contributed by atoms with van der Waals surface area (Å²) >= 11 is 0. The molecule has 6 nitrogen and oxygen atoms in total. The van der Waals surface area contributed by atoms with Gasteiger partial charge in [-0.2, -0.15) is 0 Å². The number of carbonyl (C=O) groups is 2. The van der Waals surface area contributed by atoms with Gasteiger partial charge in [0.25, 0.3) is 0 Å². The number of aliphatic carboxylic acids is 1. The second kappa shape index (κ2) is 12.8. The van der Waals surface area contributed by atoms with Gasteiger partial charge in [0.2, 0.25) is 5.91 Å². The Balaban J connectivity index is 1.49. The Morgan fingerprint density at radius 1 is 1.09 bits per heavy atom. The number of amides is 1. The number of para-hydroxylation sites is 1. The number of aliphatic hydroxyl groups excluding tert-OH is 1. The maximum absolute atomic E-state index is 12.3. The number of likely N-dealkylation sites (tertiary alicyclic amines) is 1. The fourth-order valence-corrected chi connectivity index (χ4v) is 4.05. The van der Waals surface area contributed by atoms with Crippen molar-refractivity contribution in [3.63, 3.8) is 0 Å². The van der Waals surface area contributed by atoms with Gasteiger partial charge in [-0.05, 0) is 48.6 Å². The maximum Gasteiger partial charge on any atom is 0.303 e. The van der Waals surface area contributed by atoms with E-state index in [0.29, 0.717) is 26.0 Å². The van der Waals surface area contributed by atoms with E-state index in [1.807, 2.05) is 65.6 Å². The van der Waals surface area contributed by atoms with E-state index in [0.717, 1.165) is 42.6 Å². The first kappa shape index (κ1) is 24.5. The van der Waals surface area contributed by atoms with Crippen LogP contribution in [0, 0.1) is 0 Å². The number of ether oxygens (including phenoxy) is 1. The summed E-state index contributed by atoms with van der Waals surface area (Å²) in [4.78, 5) is 24.7. The molecule has 176 valence electrons. The van der Waals surface area contributed by atoms with Gasteiger partial charge in [-0.1, -0.05) is 61.4 Å². The molecule has 3 rings (SSSR count). The largest absolute Gasteiger partial charge is 0.489 e. The van der Waals surface area contributed by atoms with Gasteiger partial charge in [-0.3, -0.25) is 9.59 Å². The Bertz CT molecular complexity index is 927. The van der Waals surface area contributed by atoms with Crippen molar-refractivity contribution in [1.29, 1.82) is 0 Å². The number of nitrogens with zero attached hydrogens (tertiary/aromatic N) is 1. The predicted octanol–water partition coefficient (Wildman–Crippen LogP) is 4.88. The SMILES string of the molecule is O=C(O)CCCCCCN1C(=O)CCC1/C=C/[C@@H](O)c1cccc(COc2ccccc2)c1. The van der Waals surface area contributed by atoms with Gasteiger partial charge in [0, 0.05) is 19.4 Å². The predicted molar refractivity (Wildman–Crippen MR) is 127 cm³/mol. The molecule has 2 aromatic rings. The summed E-state index contributed by atoms with van der Waals surface area (Å²) in [6.45, 7) is 1.09. The van der Waals surface area contributed by atoms with E-state index in [1.165, 1.54) is 0 Å². The summed E-state index contributed by atoms with van der Waals surface area (Å²) in [5.74, 6) is 0.184. The van der Waals surface area contributed by atoms with Crippen LogP contribution in [0.25, 0.3) is 0 Å². The van der Waals surface area contributed by atoms with Crippen molar-refractivity contribution >= 4 is 11.9 Å². The lowest BCUT2D eigenvalue weighted by Crippen LogP contribution is -2.32. The number of carboxylic acid groups (broad SMARTS) is 1. The third-order valence-corrected chi connectivity index (χ3v) is 5.87. The zero-order valence-electron chi connectivity index (χ0n) is 18.9. The molecule has 1 aliphatic heterocycles. The minimum Gasteiger partial charge on any atom is -0.489 e. The normalized spacial score (nSPS) is 16.9. The standard InChI is InChI=1S/C27H33NO5/c29-25(22-10-8-9-21(19-22)20-33-24-11-4-3-5-12-24)16-14-23-15-17-26(30)28(23)18-7-2-1-6-13-27(31)32/h3-5,8-12,14,16,19,23,25,29H,1-2,6-7,13,15,17-18,20H2,(H,31,32)/b16-14+/t23?,25-/m1/s1. The van der Waals surface area contributed by atoms with Crippen molar-refractivity contribution < 1.29 is 24.5 Å². The first-order valence-electron chi connectivity index (χ1n) is 11.7. The van der Waals surface area contributed by atoms with Crippen molar-refractivity contribution in [2.45, 2.75) is 63.7 Å². The average molecular weight is 452 g/mol. The van der Waals surface area contributed by atoms with E-state index in [4.69, 9.17) is 9.84 Å². The highest BCUT2D eigenvalue weighted by Crippen LogP contribution is 2.23. The van der Waals surface area contributed by atoms with Gasteiger partial charge in [-0.25, -0.2) is 0 Å². The number of carbonyl (C=O) groups excluding carboxylic acids is 1. The van der Waals surface area contributed by atoms with E-state index in [-0.39, 0.29) is 18.4 Å². The van der Waals surface area contributed by atoms with Gasteiger partial charge in [0.05, 0.1) is 12.1 Å². The van der Waals surface area contributed by atoms with E-state index >= 15 is 0 Å². The second-order valence-electron chi connectivity index (χ2n) is 8.43. The number of hydrogen-bond donors (Lipinski definition) is 2. The highest BCUT2D eigenvalue weighted by atomic mass is 16.5. The van der Waals surface area contributed by atoms with Crippen LogP contribution < -0.4 is 4.74 Å². The van der Waals surface area contributed by atoms with Crippen LogP contribution in [0.5, 0.6) is 5.75 Å². The quantitative estimate of drug-likeness (QED) is 0.335. The monoisotopic (exact) mass is 451 g/mol. The highest BCUT2D eigenvalue weighted by molar-refractivity contribution is 5.79. The van der Waals surface area contributed by atoms with E-state index < -0.39 is 12.1 Å². The van der Waals surface area contributed by atoms with Crippen LogP contribution in [0.15, 0.2) is 66.7 Å². The molecule has 0 saturated carbocycles. The van der Waals surface area contributed by atoms with E-state index in [9.17, 15) is 14.7 Å². The lowest BCUT2D eigenvalue weighted by molar-refractivity contribution is -0.137. The third-order valence-electron chi connectivity index (χ3n) is 5.87. The molecule has 1 fully saturated rings. The molecule has 1 heterocycles. The molecule has 0 bridgehead atoms. The van der Waals surface area contributed by atoms with Gasteiger partial charge in [-0.15, -0.1) is 0 Å². The Kier molecular flexibility index (Phi) is 9.51. The van der Waals surface area contributed by atoms with Crippen LogP contribution in [-0.2, 0) is 16.2 Å². The minimum atomic E-state index is -0.761. The van der Waals surface area contributed by atoms with Crippen molar-refractivity contribution in [3.8, 4) is 5.75 Å². The van der Waals surface area contributed by atoms with Gasteiger partial charge < -0.3 is 19.8 Å². The van der Waals surface area contributed by atoms with Crippen molar-refractivity contribution in [3.05, 3.63) is 77.9 Å². The van der Waals surface area contributed by atoms with Crippen molar-refractivity contribution in [1.82, 2.24) is 4.90 Å². The van der Waals surface area contributed by atoms with Crippen LogP contribution in [-0.4, -0.2) is 39.6 Å². The number of hydrogen-bond acceptors (Lipinski definition) is 4. The lowest BCUT2D eigenvalue weighted by Gasteiger charge is -2.22. The maximum atomic E-state index is 12.3. The summed E-state index contributed by atoms with van der Waals surface area (Å²) in [5, 5.41) is 19.4. The molecule has 0 aromatic heterocycles. The summed E-state index contributed by atoms with van der Waals surface area (Å²) in [6.07, 6.45) is 7.73. The van der Waals surface area contributed by atoms with Crippen LogP contribution in [0.3, 0.4) is 0 Å². The number of carboxylic acids is 1. The first-order valence-corrected chi connectivity index (χ1v) is 11.7. The molecule has 6 heteroatoms. The van der Waals surface area contributed by atoms with Gasteiger partial charge in [0.15, 0.2) is 0 Å². The summed E-state index contributed by atoms with van der Waals surface area (Å²) < 4.78 is 5.79. The second-order valence-corrected chi connectivity index (χ2v) is 8.43. The zero-order valence-corrected chi connectivity index (χ0v) is 18.9. The van der Waals surface area contributed by atoms with Crippen molar-refractivity contribution in [2.24, 2.45) is 0 Å². The summed E-state index contributed by atoms with van der Waals surface area (Å²) in [5.41, 5.74) is 1.76. The minimum absolute atomic E-state index is 0.00392. The van der Waals surface area contributed by atoms with Gasteiger partial charge >= 0.3 is 5.97 Å². The molecule has 0 aliphatic carbocycles. The molecular weight excluding hydrogens is 418 g/mol. The number of rotatable bonds is 13. The lowest BCUT2D eigenvalue weighted by atomic mass is 10.0. The fourth-order valence-electron chi connectivity index (χ4n) is 4.05. The molecular formula is C27H33NO5. The van der Waals surface area contributed by atoms with Crippen LogP contribution >= 0.6 is 0 Å². The van der Waals surface area contributed by atoms with Crippen LogP contribution in [0.1, 0.15) is 62.2 Å². The Hall–Kier alpha value is -3.12. The topological polar surface area (TPSA) is 87.1 Å². The summed E-state index contributed by atoms with van der Waals surface area (Å²) in [6, 6.07) is 17.3. The average Bonchev–Trinajstić information content (AvgIpc) is 3.18. The molecule has 2 aromatic carbocycles. The Labute approximate surface area is 195 Å². The molecule has 2 atom stereocenters. The van der Waals surface area contributed by atoms with Crippen molar-refractivity contribution in [2.75, 3.05) is 6.54 Å². The van der Waals surface area contributed by atoms with Crippen LogP contribution in [0.4, 0.5) is 0 Å². The third kappa shape index (κ3) is 8.06. The molecule has 1 amide bonds. The van der Waals surface area contributed by atoms with Crippen LogP contribution in [0.2, 0.25) is 0 Å². The molecule has 1 saturated heterocycles. The molecule has 33 heavy (non-hydrogen) atoms. The smallest absolute Gasteiger partial charge is 0.303 e. The molecule has 0 radical (unpaired) electrons. The van der Waals surface area contributed by atoms with Gasteiger partial charge in [0.1, 0.15) is 12.4 Å². The molecule has 2 N–H and O–H groups in total. The summed E-state index contributed by atoms with van der Waals surface area (Å²) in [7, 11) is 0. The first-order chi connectivity index (χ1) is 16.0. The Morgan fingerprint density at radius 3 is 2.67 bits per heavy atom. The number of benzene rings is 2. The number of unbranched alkanes of at least 4 members (excludes halogenated alkanes) is 3. The van der Waals surface area contributed by atoms with E-state index in [2.05, 4.69) is 0 Å². The molecule has 0 spiro atoms. The molecule has 1 unspecified atom stereocenters. The molecule has 1 aliphatic rings. The number of aliphatic hydroxyl groups is 1. The Morgan fingerprint density at radius 2 is 1.88 bits per heavy atom. The fraction of sp³-hybridized carbons (Fsp3) is 0.407. The zero-order chi connectivity index (χ0) is 23.5. The highest BCUT2D eigenvalue weighted by Gasteiger charge is 2.28. The van der Waals surface area contributed by atoms with E-state index in [1.54, 1.807) is 6.08 Å².